The third kappa shape index (κ3) is 3.80. The zero-order chi connectivity index (χ0) is 14.0. The second-order valence-corrected chi connectivity index (χ2v) is 6.59. The average Bonchev–Trinajstić information content (AvgIpc) is 2.80. The Labute approximate surface area is 119 Å². The predicted molar refractivity (Wildman–Crippen MR) is 77.8 cm³/mol. The zero-order valence-corrected chi connectivity index (χ0v) is 12.8. The number of nitrogens with zero attached hydrogens (tertiary/aromatic N) is 2. The summed E-state index contributed by atoms with van der Waals surface area (Å²) in [6.45, 7) is 10.1. The molecule has 0 amide bonds. The second kappa shape index (κ2) is 5.63. The van der Waals surface area contributed by atoms with Gasteiger partial charge in [-0.2, -0.15) is 0 Å². The van der Waals surface area contributed by atoms with Gasteiger partial charge < -0.3 is 10.1 Å². The van der Waals surface area contributed by atoms with Crippen LogP contribution in [-0.2, 0) is 10.2 Å². The fourth-order valence-corrected chi connectivity index (χ4v) is 2.31. The highest BCUT2D eigenvalue weighted by molar-refractivity contribution is 6.29. The highest BCUT2D eigenvalue weighted by atomic mass is 35.5. The molecule has 2 atom stereocenters. The van der Waals surface area contributed by atoms with E-state index >= 15 is 0 Å². The molecule has 1 aliphatic rings. The van der Waals surface area contributed by atoms with E-state index in [2.05, 4.69) is 43.0 Å². The number of ether oxygens (including phenoxy) is 1. The first-order chi connectivity index (χ1) is 8.86. The Kier molecular flexibility index (Phi) is 4.31. The molecular weight excluding hydrogens is 262 g/mol. The lowest BCUT2D eigenvalue weighted by molar-refractivity contribution is 0.183. The molecule has 0 radical (unpaired) electrons. The largest absolute Gasteiger partial charge is 0.381 e. The van der Waals surface area contributed by atoms with Crippen molar-refractivity contribution in [3.05, 3.63) is 17.0 Å². The number of hydrogen-bond donors (Lipinski definition) is 1. The van der Waals surface area contributed by atoms with Crippen LogP contribution in [0.1, 0.15) is 39.9 Å². The normalized spacial score (nSPS) is 21.4. The van der Waals surface area contributed by atoms with Crippen molar-refractivity contribution in [2.24, 2.45) is 5.92 Å². The Morgan fingerprint density at radius 2 is 2.16 bits per heavy atom. The summed E-state index contributed by atoms with van der Waals surface area (Å²) in [5.41, 5.74) is -0.110. The molecule has 0 aliphatic carbocycles. The summed E-state index contributed by atoms with van der Waals surface area (Å²) in [7, 11) is 0. The third-order valence-corrected chi connectivity index (χ3v) is 3.61. The summed E-state index contributed by atoms with van der Waals surface area (Å²) in [5.74, 6) is 2.09. The number of rotatable bonds is 3. The van der Waals surface area contributed by atoms with E-state index < -0.39 is 0 Å². The Bertz CT molecular complexity index is 439. The molecule has 1 aliphatic heterocycles. The SMILES string of the molecule is CC(Nc1cc(Cl)nc(C(C)(C)C)n1)C1CCOC1. The highest BCUT2D eigenvalue weighted by Crippen LogP contribution is 2.24. The smallest absolute Gasteiger partial charge is 0.137 e. The van der Waals surface area contributed by atoms with Crippen molar-refractivity contribution in [3.63, 3.8) is 0 Å². The van der Waals surface area contributed by atoms with Gasteiger partial charge >= 0.3 is 0 Å². The van der Waals surface area contributed by atoms with Crippen LogP contribution in [0.2, 0.25) is 5.15 Å². The predicted octanol–water partition coefficient (Wildman–Crippen LogP) is 3.26. The van der Waals surface area contributed by atoms with Gasteiger partial charge in [0, 0.05) is 30.0 Å². The molecule has 2 heterocycles. The first-order valence-electron chi connectivity index (χ1n) is 6.75. The summed E-state index contributed by atoms with van der Waals surface area (Å²) >= 11 is 6.08. The van der Waals surface area contributed by atoms with Gasteiger partial charge in [-0.25, -0.2) is 9.97 Å². The molecule has 0 aromatic carbocycles. The molecule has 1 aromatic rings. The number of nitrogens with one attached hydrogen (secondary N) is 1. The van der Waals surface area contributed by atoms with Gasteiger partial charge in [-0.05, 0) is 13.3 Å². The van der Waals surface area contributed by atoms with Crippen LogP contribution in [0, 0.1) is 5.92 Å². The second-order valence-electron chi connectivity index (χ2n) is 6.21. The average molecular weight is 284 g/mol. The molecule has 106 valence electrons. The summed E-state index contributed by atoms with van der Waals surface area (Å²) in [6.07, 6.45) is 1.10. The summed E-state index contributed by atoms with van der Waals surface area (Å²) in [4.78, 5) is 8.87. The van der Waals surface area contributed by atoms with Crippen LogP contribution in [0.5, 0.6) is 0 Å². The van der Waals surface area contributed by atoms with Crippen LogP contribution in [0.4, 0.5) is 5.82 Å². The van der Waals surface area contributed by atoms with Crippen molar-refractivity contribution in [1.29, 1.82) is 0 Å². The lowest BCUT2D eigenvalue weighted by Gasteiger charge is -2.22. The van der Waals surface area contributed by atoms with Crippen LogP contribution in [0.25, 0.3) is 0 Å². The van der Waals surface area contributed by atoms with Crippen molar-refractivity contribution in [2.45, 2.75) is 45.6 Å². The molecule has 0 bridgehead atoms. The van der Waals surface area contributed by atoms with E-state index in [9.17, 15) is 0 Å². The van der Waals surface area contributed by atoms with E-state index in [1.165, 1.54) is 0 Å². The Hall–Kier alpha value is -0.870. The summed E-state index contributed by atoms with van der Waals surface area (Å²) < 4.78 is 5.42. The van der Waals surface area contributed by atoms with Crippen LogP contribution < -0.4 is 5.32 Å². The molecule has 1 saturated heterocycles. The van der Waals surface area contributed by atoms with E-state index in [0.717, 1.165) is 31.3 Å². The van der Waals surface area contributed by atoms with Gasteiger partial charge in [-0.3, -0.25) is 0 Å². The molecule has 1 fully saturated rings. The van der Waals surface area contributed by atoms with Gasteiger partial charge in [0.1, 0.15) is 16.8 Å². The fourth-order valence-electron chi connectivity index (χ4n) is 2.13. The topological polar surface area (TPSA) is 47.0 Å². The lowest BCUT2D eigenvalue weighted by atomic mass is 9.96. The minimum Gasteiger partial charge on any atom is -0.381 e. The maximum atomic E-state index is 6.08. The monoisotopic (exact) mass is 283 g/mol. The van der Waals surface area contributed by atoms with E-state index in [1.54, 1.807) is 6.07 Å². The van der Waals surface area contributed by atoms with E-state index in [0.29, 0.717) is 17.1 Å². The van der Waals surface area contributed by atoms with E-state index in [1.807, 2.05) is 0 Å². The molecule has 4 nitrogen and oxygen atoms in total. The molecule has 1 N–H and O–H groups in total. The minimum atomic E-state index is -0.110. The fraction of sp³-hybridized carbons (Fsp3) is 0.714. The van der Waals surface area contributed by atoms with Crippen LogP contribution in [-0.4, -0.2) is 29.2 Å². The number of hydrogen-bond acceptors (Lipinski definition) is 4. The molecule has 2 rings (SSSR count). The Morgan fingerprint density at radius 1 is 1.42 bits per heavy atom. The summed E-state index contributed by atoms with van der Waals surface area (Å²) in [6, 6.07) is 2.10. The molecule has 0 saturated carbocycles. The lowest BCUT2D eigenvalue weighted by Crippen LogP contribution is -2.27. The highest BCUT2D eigenvalue weighted by Gasteiger charge is 2.24. The quantitative estimate of drug-likeness (QED) is 0.865. The van der Waals surface area contributed by atoms with Crippen LogP contribution in [0.3, 0.4) is 0 Å². The molecule has 5 heteroatoms. The third-order valence-electron chi connectivity index (χ3n) is 3.41. The maximum absolute atomic E-state index is 6.08. The van der Waals surface area contributed by atoms with Gasteiger partial charge in [0.15, 0.2) is 0 Å². The van der Waals surface area contributed by atoms with Gasteiger partial charge in [0.2, 0.25) is 0 Å². The van der Waals surface area contributed by atoms with E-state index in [4.69, 9.17) is 16.3 Å². The van der Waals surface area contributed by atoms with Gasteiger partial charge in [0.05, 0.1) is 6.61 Å². The van der Waals surface area contributed by atoms with Crippen molar-refractivity contribution < 1.29 is 4.74 Å². The molecule has 0 spiro atoms. The molecular formula is C14H22ClN3O. The number of anilines is 1. The maximum Gasteiger partial charge on any atom is 0.137 e. The first kappa shape index (κ1) is 14.5. The number of aromatic nitrogens is 2. The standard InChI is InChI=1S/C14H22ClN3O/c1-9(10-5-6-19-8-10)16-12-7-11(15)17-13(18-12)14(2,3)4/h7,9-10H,5-6,8H2,1-4H3,(H,16,17,18). The zero-order valence-electron chi connectivity index (χ0n) is 12.0. The first-order valence-corrected chi connectivity index (χ1v) is 7.13. The van der Waals surface area contributed by atoms with Crippen molar-refractivity contribution in [1.82, 2.24) is 9.97 Å². The van der Waals surface area contributed by atoms with Crippen molar-refractivity contribution in [3.8, 4) is 0 Å². The van der Waals surface area contributed by atoms with Gasteiger partial charge in [-0.15, -0.1) is 0 Å². The molecule has 1 aromatic heterocycles. The minimum absolute atomic E-state index is 0.110. The number of halogens is 1. The Balaban J connectivity index is 2.13. The molecule has 2 unspecified atom stereocenters. The van der Waals surface area contributed by atoms with E-state index in [-0.39, 0.29) is 5.41 Å². The van der Waals surface area contributed by atoms with Gasteiger partial charge in [-0.1, -0.05) is 32.4 Å². The summed E-state index contributed by atoms with van der Waals surface area (Å²) in [5, 5.41) is 3.91. The van der Waals surface area contributed by atoms with Crippen LogP contribution >= 0.6 is 11.6 Å². The molecule has 19 heavy (non-hydrogen) atoms. The van der Waals surface area contributed by atoms with Crippen molar-refractivity contribution in [2.75, 3.05) is 18.5 Å². The Morgan fingerprint density at radius 3 is 2.74 bits per heavy atom. The van der Waals surface area contributed by atoms with Crippen LogP contribution in [0.15, 0.2) is 6.07 Å². The van der Waals surface area contributed by atoms with Crippen molar-refractivity contribution >= 4 is 17.4 Å². The van der Waals surface area contributed by atoms with Gasteiger partial charge in [0.25, 0.3) is 0 Å².